The van der Waals surface area contributed by atoms with E-state index in [1.54, 1.807) is 0 Å². The zero-order valence-corrected chi connectivity index (χ0v) is 14.6. The van der Waals surface area contributed by atoms with Gasteiger partial charge in [-0.25, -0.2) is 0 Å². The first-order valence-corrected chi connectivity index (χ1v) is 8.14. The Morgan fingerprint density at radius 1 is 1.00 bits per heavy atom. The number of aromatic hydroxyl groups is 3. The lowest BCUT2D eigenvalue weighted by atomic mass is 9.93. The van der Waals surface area contributed by atoms with Crippen LogP contribution < -0.4 is 9.47 Å². The van der Waals surface area contributed by atoms with Crippen molar-refractivity contribution in [3.05, 3.63) is 41.5 Å². The standard InChI is InChI=1S/C19H18O8/c1-9(20)25-12-6-15(23)13-8-18(26-10(2)21)19(27-17(13)7-12)11-3-4-14(22)16(24)5-11/h3-7,18-19,22-24H,8H2,1-2H3. The second kappa shape index (κ2) is 7.06. The van der Waals surface area contributed by atoms with Gasteiger partial charge in [-0.1, -0.05) is 6.07 Å². The molecule has 2 aromatic rings. The van der Waals surface area contributed by atoms with E-state index in [4.69, 9.17) is 14.2 Å². The van der Waals surface area contributed by atoms with Crippen molar-refractivity contribution in [3.8, 4) is 28.7 Å². The van der Waals surface area contributed by atoms with Crippen molar-refractivity contribution in [2.45, 2.75) is 32.5 Å². The summed E-state index contributed by atoms with van der Waals surface area (Å²) in [7, 11) is 0. The Kier molecular flexibility index (Phi) is 4.81. The molecule has 8 nitrogen and oxygen atoms in total. The Labute approximate surface area is 154 Å². The monoisotopic (exact) mass is 374 g/mol. The van der Waals surface area contributed by atoms with E-state index in [2.05, 4.69) is 0 Å². The number of phenolic OH excluding ortho intramolecular Hbond substituents is 3. The molecule has 2 atom stereocenters. The Hall–Kier alpha value is -3.42. The maximum absolute atomic E-state index is 11.5. The van der Waals surface area contributed by atoms with Crippen LogP contribution in [0.2, 0.25) is 0 Å². The molecular formula is C19H18O8. The molecule has 0 fully saturated rings. The zero-order valence-electron chi connectivity index (χ0n) is 14.6. The average Bonchev–Trinajstić information content (AvgIpc) is 2.56. The minimum atomic E-state index is -0.806. The number of phenols is 3. The molecule has 0 aromatic heterocycles. The second-order valence-electron chi connectivity index (χ2n) is 6.15. The molecule has 1 aliphatic rings. The van der Waals surface area contributed by atoms with Crippen molar-refractivity contribution in [2.24, 2.45) is 0 Å². The summed E-state index contributed by atoms with van der Waals surface area (Å²) in [5.41, 5.74) is 0.857. The molecule has 0 saturated heterocycles. The quantitative estimate of drug-likeness (QED) is 0.425. The summed E-state index contributed by atoms with van der Waals surface area (Å²) >= 11 is 0. The van der Waals surface area contributed by atoms with E-state index in [0.717, 1.165) is 0 Å². The van der Waals surface area contributed by atoms with Gasteiger partial charge in [0, 0.05) is 43.5 Å². The Balaban J connectivity index is 2.02. The first kappa shape index (κ1) is 18.4. The zero-order chi connectivity index (χ0) is 19.7. The molecule has 142 valence electrons. The number of carbonyl (C=O) groups is 2. The highest BCUT2D eigenvalue weighted by Crippen LogP contribution is 2.44. The van der Waals surface area contributed by atoms with Crippen LogP contribution in [0, 0.1) is 0 Å². The minimum Gasteiger partial charge on any atom is -0.507 e. The molecule has 8 heteroatoms. The van der Waals surface area contributed by atoms with Crippen LogP contribution in [-0.4, -0.2) is 33.4 Å². The average molecular weight is 374 g/mol. The number of hydrogen-bond acceptors (Lipinski definition) is 8. The van der Waals surface area contributed by atoms with Gasteiger partial charge in [-0.15, -0.1) is 0 Å². The molecule has 1 heterocycles. The summed E-state index contributed by atoms with van der Waals surface area (Å²) in [6.45, 7) is 2.49. The normalized spacial score (nSPS) is 18.1. The lowest BCUT2D eigenvalue weighted by molar-refractivity contribution is -0.152. The van der Waals surface area contributed by atoms with Crippen LogP contribution >= 0.6 is 0 Å². The molecular weight excluding hydrogens is 356 g/mol. The summed E-state index contributed by atoms with van der Waals surface area (Å²) < 4.78 is 16.2. The van der Waals surface area contributed by atoms with Crippen LogP contribution in [0.4, 0.5) is 0 Å². The Morgan fingerprint density at radius 3 is 2.37 bits per heavy atom. The number of carbonyl (C=O) groups excluding carboxylic acids is 2. The largest absolute Gasteiger partial charge is 0.507 e. The van der Waals surface area contributed by atoms with Crippen molar-refractivity contribution in [1.29, 1.82) is 0 Å². The molecule has 2 aromatic carbocycles. The number of fused-ring (bicyclic) bond motifs is 1. The third kappa shape index (κ3) is 3.89. The fourth-order valence-corrected chi connectivity index (χ4v) is 2.98. The summed E-state index contributed by atoms with van der Waals surface area (Å²) in [6, 6.07) is 6.85. The highest BCUT2D eigenvalue weighted by atomic mass is 16.6. The van der Waals surface area contributed by atoms with Gasteiger partial charge in [0.05, 0.1) is 0 Å². The molecule has 0 saturated carbocycles. The third-order valence-corrected chi connectivity index (χ3v) is 4.06. The topological polar surface area (TPSA) is 123 Å². The van der Waals surface area contributed by atoms with E-state index in [1.807, 2.05) is 0 Å². The molecule has 0 spiro atoms. The van der Waals surface area contributed by atoms with Gasteiger partial charge in [0.25, 0.3) is 0 Å². The van der Waals surface area contributed by atoms with Crippen molar-refractivity contribution in [3.63, 3.8) is 0 Å². The van der Waals surface area contributed by atoms with Crippen molar-refractivity contribution < 1.29 is 39.1 Å². The summed E-state index contributed by atoms with van der Waals surface area (Å²) in [6.07, 6.45) is -1.43. The van der Waals surface area contributed by atoms with E-state index < -0.39 is 24.1 Å². The van der Waals surface area contributed by atoms with Gasteiger partial charge in [0.15, 0.2) is 17.6 Å². The van der Waals surface area contributed by atoms with Crippen LogP contribution in [0.15, 0.2) is 30.3 Å². The minimum absolute atomic E-state index is 0.108. The van der Waals surface area contributed by atoms with E-state index in [9.17, 15) is 24.9 Å². The molecule has 0 radical (unpaired) electrons. The van der Waals surface area contributed by atoms with Crippen LogP contribution in [0.25, 0.3) is 0 Å². The molecule has 0 aliphatic carbocycles. The van der Waals surface area contributed by atoms with Gasteiger partial charge in [-0.05, 0) is 12.1 Å². The molecule has 0 amide bonds. The highest BCUT2D eigenvalue weighted by molar-refractivity contribution is 5.70. The van der Waals surface area contributed by atoms with Crippen molar-refractivity contribution in [1.82, 2.24) is 0 Å². The summed E-state index contributed by atoms with van der Waals surface area (Å²) in [5, 5.41) is 29.5. The molecule has 27 heavy (non-hydrogen) atoms. The van der Waals surface area contributed by atoms with Crippen LogP contribution in [0.3, 0.4) is 0 Å². The number of rotatable bonds is 3. The fourth-order valence-electron chi connectivity index (χ4n) is 2.98. The van der Waals surface area contributed by atoms with Gasteiger partial charge >= 0.3 is 11.9 Å². The Morgan fingerprint density at radius 2 is 1.74 bits per heavy atom. The molecule has 3 N–H and O–H groups in total. The maximum Gasteiger partial charge on any atom is 0.308 e. The van der Waals surface area contributed by atoms with Crippen LogP contribution in [0.5, 0.6) is 28.7 Å². The predicted octanol–water partition coefficient (Wildman–Crippen LogP) is 2.34. The van der Waals surface area contributed by atoms with Gasteiger partial charge in [0.1, 0.15) is 23.4 Å². The van der Waals surface area contributed by atoms with E-state index in [1.165, 1.54) is 44.2 Å². The Bertz CT molecular complexity index is 905. The molecule has 1 aliphatic heterocycles. The van der Waals surface area contributed by atoms with Crippen LogP contribution in [-0.2, 0) is 20.7 Å². The lowest BCUT2D eigenvalue weighted by Gasteiger charge is -2.33. The summed E-state index contributed by atoms with van der Waals surface area (Å²) in [4.78, 5) is 22.7. The van der Waals surface area contributed by atoms with Crippen molar-refractivity contribution >= 4 is 11.9 Å². The van der Waals surface area contributed by atoms with Crippen molar-refractivity contribution in [2.75, 3.05) is 0 Å². The number of esters is 2. The van der Waals surface area contributed by atoms with E-state index in [-0.39, 0.29) is 35.2 Å². The SMILES string of the molecule is CC(=O)Oc1cc(O)c2c(c1)OC(c1ccc(O)c(O)c1)C(OC(C)=O)C2. The lowest BCUT2D eigenvalue weighted by Crippen LogP contribution is -2.34. The van der Waals surface area contributed by atoms with E-state index >= 15 is 0 Å². The molecule has 0 bridgehead atoms. The second-order valence-corrected chi connectivity index (χ2v) is 6.15. The number of benzene rings is 2. The fraction of sp³-hybridized carbons (Fsp3) is 0.263. The molecule has 2 unspecified atom stereocenters. The predicted molar refractivity (Wildman–Crippen MR) is 91.8 cm³/mol. The van der Waals surface area contributed by atoms with Gasteiger partial charge in [0.2, 0.25) is 0 Å². The van der Waals surface area contributed by atoms with Gasteiger partial charge in [-0.2, -0.15) is 0 Å². The van der Waals surface area contributed by atoms with Gasteiger partial charge < -0.3 is 29.5 Å². The first-order chi connectivity index (χ1) is 12.7. The third-order valence-electron chi connectivity index (χ3n) is 4.06. The van der Waals surface area contributed by atoms with Crippen LogP contribution in [0.1, 0.15) is 31.1 Å². The molecule has 3 rings (SSSR count). The number of ether oxygens (including phenoxy) is 3. The summed E-state index contributed by atoms with van der Waals surface area (Å²) in [5.74, 6) is -1.52. The maximum atomic E-state index is 11.5. The smallest absolute Gasteiger partial charge is 0.308 e. The van der Waals surface area contributed by atoms with E-state index in [0.29, 0.717) is 11.1 Å². The van der Waals surface area contributed by atoms with Gasteiger partial charge in [-0.3, -0.25) is 9.59 Å². The number of hydrogen-bond donors (Lipinski definition) is 3. The highest BCUT2D eigenvalue weighted by Gasteiger charge is 2.36. The first-order valence-electron chi connectivity index (χ1n) is 8.14.